The number of carbonyl (C=O) groups excluding carboxylic acids is 1. The Hall–Kier alpha value is -1.75. The third-order valence-corrected chi connectivity index (χ3v) is 2.56. The van der Waals surface area contributed by atoms with Crippen LogP contribution in [-0.2, 0) is 9.47 Å². The first kappa shape index (κ1) is 11.7. The van der Waals surface area contributed by atoms with Gasteiger partial charge in [0.2, 0.25) is 6.29 Å². The summed E-state index contributed by atoms with van der Waals surface area (Å²) in [5, 5.41) is 0. The fraction of sp³-hybridized carbons (Fsp3) is 0.417. The van der Waals surface area contributed by atoms with E-state index in [1.165, 1.54) is 14.2 Å². The Bertz CT molecular complexity index is 441. The summed E-state index contributed by atoms with van der Waals surface area (Å²) in [5.41, 5.74) is 1.13. The average Bonchev–Trinajstić information content (AvgIpc) is 2.65. The predicted octanol–water partition coefficient (Wildman–Crippen LogP) is 1.91. The zero-order chi connectivity index (χ0) is 12.4. The standard InChI is InChI=1S/C12H14O5/c1-4-16-12-8-6-10(15-3)9(14-2)5-7(8)11(13)17-12/h5-6,12H,4H2,1-3H3. The summed E-state index contributed by atoms with van der Waals surface area (Å²) >= 11 is 0. The molecule has 0 saturated carbocycles. The van der Waals surface area contributed by atoms with Crippen LogP contribution in [0.25, 0.3) is 0 Å². The molecule has 1 aliphatic heterocycles. The molecule has 17 heavy (non-hydrogen) atoms. The van der Waals surface area contributed by atoms with Crippen molar-refractivity contribution < 1.29 is 23.7 Å². The van der Waals surface area contributed by atoms with E-state index in [2.05, 4.69) is 0 Å². The van der Waals surface area contributed by atoms with Crippen molar-refractivity contribution in [1.82, 2.24) is 0 Å². The van der Waals surface area contributed by atoms with E-state index >= 15 is 0 Å². The second-order valence-corrected chi connectivity index (χ2v) is 3.49. The fourth-order valence-electron chi connectivity index (χ4n) is 1.77. The summed E-state index contributed by atoms with van der Waals surface area (Å²) in [6, 6.07) is 3.31. The molecular formula is C12H14O5. The largest absolute Gasteiger partial charge is 0.493 e. The van der Waals surface area contributed by atoms with E-state index in [0.717, 1.165) is 0 Å². The lowest BCUT2D eigenvalue weighted by Gasteiger charge is -2.12. The summed E-state index contributed by atoms with van der Waals surface area (Å²) in [4.78, 5) is 11.6. The van der Waals surface area contributed by atoms with Gasteiger partial charge in [0.15, 0.2) is 11.5 Å². The molecule has 1 aliphatic rings. The van der Waals surface area contributed by atoms with Gasteiger partial charge in [-0.1, -0.05) is 0 Å². The van der Waals surface area contributed by atoms with Gasteiger partial charge in [0.05, 0.1) is 19.8 Å². The topological polar surface area (TPSA) is 54.0 Å². The van der Waals surface area contributed by atoms with Gasteiger partial charge >= 0.3 is 5.97 Å². The first-order valence-corrected chi connectivity index (χ1v) is 5.29. The molecule has 0 bridgehead atoms. The minimum Gasteiger partial charge on any atom is -0.493 e. The maximum absolute atomic E-state index is 11.6. The van der Waals surface area contributed by atoms with Gasteiger partial charge in [-0.05, 0) is 19.1 Å². The van der Waals surface area contributed by atoms with Gasteiger partial charge in [-0.15, -0.1) is 0 Å². The molecule has 0 aliphatic carbocycles. The number of hydrogen-bond acceptors (Lipinski definition) is 5. The third-order valence-electron chi connectivity index (χ3n) is 2.56. The lowest BCUT2D eigenvalue weighted by atomic mass is 10.1. The van der Waals surface area contributed by atoms with Crippen LogP contribution in [0.15, 0.2) is 12.1 Å². The van der Waals surface area contributed by atoms with E-state index in [0.29, 0.717) is 29.2 Å². The summed E-state index contributed by atoms with van der Waals surface area (Å²) in [6.07, 6.45) is -0.651. The van der Waals surface area contributed by atoms with Crippen LogP contribution in [0.5, 0.6) is 11.5 Å². The Kier molecular flexibility index (Phi) is 3.19. The van der Waals surface area contributed by atoms with Crippen molar-refractivity contribution in [2.45, 2.75) is 13.2 Å². The molecule has 5 nitrogen and oxygen atoms in total. The molecule has 0 amide bonds. The maximum atomic E-state index is 11.6. The van der Waals surface area contributed by atoms with Gasteiger partial charge in [-0.3, -0.25) is 0 Å². The highest BCUT2D eigenvalue weighted by Gasteiger charge is 2.33. The Labute approximate surface area is 99.2 Å². The van der Waals surface area contributed by atoms with Gasteiger partial charge in [0, 0.05) is 12.2 Å². The van der Waals surface area contributed by atoms with Crippen LogP contribution in [0.1, 0.15) is 29.1 Å². The van der Waals surface area contributed by atoms with E-state index in [1.807, 2.05) is 6.92 Å². The predicted molar refractivity (Wildman–Crippen MR) is 59.3 cm³/mol. The number of benzene rings is 1. The van der Waals surface area contributed by atoms with E-state index in [9.17, 15) is 4.79 Å². The number of esters is 1. The molecule has 0 N–H and O–H groups in total. The lowest BCUT2D eigenvalue weighted by molar-refractivity contribution is -0.0993. The van der Waals surface area contributed by atoms with Crippen LogP contribution in [0.2, 0.25) is 0 Å². The average molecular weight is 238 g/mol. The number of rotatable bonds is 4. The molecule has 1 unspecified atom stereocenters. The number of ether oxygens (including phenoxy) is 4. The number of hydrogen-bond donors (Lipinski definition) is 0. The molecule has 0 saturated heterocycles. The lowest BCUT2D eigenvalue weighted by Crippen LogP contribution is -2.03. The Morgan fingerprint density at radius 1 is 1.24 bits per heavy atom. The normalized spacial score (nSPS) is 17.6. The number of methoxy groups -OCH3 is 2. The van der Waals surface area contributed by atoms with Crippen LogP contribution >= 0.6 is 0 Å². The molecular weight excluding hydrogens is 224 g/mol. The van der Waals surface area contributed by atoms with Crippen molar-refractivity contribution in [3.8, 4) is 11.5 Å². The molecule has 5 heteroatoms. The smallest absolute Gasteiger partial charge is 0.341 e. The van der Waals surface area contributed by atoms with Crippen LogP contribution in [0.3, 0.4) is 0 Å². The molecule has 0 fully saturated rings. The van der Waals surface area contributed by atoms with Gasteiger partial charge in [0.25, 0.3) is 0 Å². The van der Waals surface area contributed by atoms with Crippen LogP contribution in [0, 0.1) is 0 Å². The Morgan fingerprint density at radius 3 is 2.47 bits per heavy atom. The zero-order valence-corrected chi connectivity index (χ0v) is 9.98. The Morgan fingerprint density at radius 2 is 1.88 bits per heavy atom. The highest BCUT2D eigenvalue weighted by atomic mass is 16.7. The second kappa shape index (κ2) is 4.63. The van der Waals surface area contributed by atoms with Crippen molar-refractivity contribution >= 4 is 5.97 Å². The monoisotopic (exact) mass is 238 g/mol. The second-order valence-electron chi connectivity index (χ2n) is 3.49. The molecule has 0 radical (unpaired) electrons. The third kappa shape index (κ3) is 1.93. The van der Waals surface area contributed by atoms with Crippen molar-refractivity contribution in [2.75, 3.05) is 20.8 Å². The number of carbonyl (C=O) groups is 1. The van der Waals surface area contributed by atoms with Gasteiger partial charge in [0.1, 0.15) is 0 Å². The van der Waals surface area contributed by atoms with Crippen molar-refractivity contribution in [3.05, 3.63) is 23.3 Å². The molecule has 1 atom stereocenters. The van der Waals surface area contributed by atoms with Gasteiger partial charge in [-0.2, -0.15) is 0 Å². The minimum atomic E-state index is -0.651. The highest BCUT2D eigenvalue weighted by Crippen LogP contribution is 2.39. The van der Waals surface area contributed by atoms with E-state index in [1.54, 1.807) is 12.1 Å². The van der Waals surface area contributed by atoms with E-state index in [4.69, 9.17) is 18.9 Å². The molecule has 2 rings (SSSR count). The van der Waals surface area contributed by atoms with Crippen molar-refractivity contribution in [1.29, 1.82) is 0 Å². The molecule has 92 valence electrons. The van der Waals surface area contributed by atoms with Crippen LogP contribution in [-0.4, -0.2) is 26.8 Å². The van der Waals surface area contributed by atoms with Crippen LogP contribution < -0.4 is 9.47 Å². The summed E-state index contributed by atoms with van der Waals surface area (Å²) < 4.78 is 20.7. The first-order valence-electron chi connectivity index (χ1n) is 5.29. The summed E-state index contributed by atoms with van der Waals surface area (Å²) in [6.45, 7) is 2.30. The van der Waals surface area contributed by atoms with Crippen LogP contribution in [0.4, 0.5) is 0 Å². The number of fused-ring (bicyclic) bond motifs is 1. The van der Waals surface area contributed by atoms with E-state index in [-0.39, 0.29) is 0 Å². The molecule has 1 aromatic carbocycles. The SMILES string of the molecule is CCOC1OC(=O)c2cc(OC)c(OC)cc21. The maximum Gasteiger partial charge on any atom is 0.341 e. The quantitative estimate of drug-likeness (QED) is 0.750. The van der Waals surface area contributed by atoms with Crippen molar-refractivity contribution in [2.24, 2.45) is 0 Å². The Balaban J connectivity index is 2.47. The first-order chi connectivity index (χ1) is 8.21. The fourth-order valence-corrected chi connectivity index (χ4v) is 1.77. The number of cyclic esters (lactones) is 1. The van der Waals surface area contributed by atoms with Crippen molar-refractivity contribution in [3.63, 3.8) is 0 Å². The minimum absolute atomic E-state index is 0.403. The molecule has 1 aromatic rings. The summed E-state index contributed by atoms with van der Waals surface area (Å²) in [5.74, 6) is 0.647. The molecule has 0 aromatic heterocycles. The van der Waals surface area contributed by atoms with Gasteiger partial charge < -0.3 is 18.9 Å². The van der Waals surface area contributed by atoms with Gasteiger partial charge in [-0.25, -0.2) is 4.79 Å². The zero-order valence-electron chi connectivity index (χ0n) is 9.98. The molecule has 1 heterocycles. The molecule has 0 spiro atoms. The summed E-state index contributed by atoms with van der Waals surface area (Å²) in [7, 11) is 3.06. The van der Waals surface area contributed by atoms with E-state index < -0.39 is 12.3 Å². The highest BCUT2D eigenvalue weighted by molar-refractivity contribution is 5.94.